The summed E-state index contributed by atoms with van der Waals surface area (Å²) < 4.78 is 14.7. The number of halogens is 2. The van der Waals surface area contributed by atoms with E-state index >= 15 is 0 Å². The summed E-state index contributed by atoms with van der Waals surface area (Å²) in [5, 5.41) is 4.87. The molecule has 0 radical (unpaired) electrons. The van der Waals surface area contributed by atoms with E-state index in [-0.39, 0.29) is 17.8 Å². The molecule has 0 saturated carbocycles. The van der Waals surface area contributed by atoms with Gasteiger partial charge in [-0.2, -0.15) is 0 Å². The number of benzene rings is 1. The van der Waals surface area contributed by atoms with E-state index in [1.165, 1.54) is 23.5 Å². The third-order valence-corrected chi connectivity index (χ3v) is 6.62. The molecule has 2 heterocycles. The predicted octanol–water partition coefficient (Wildman–Crippen LogP) is 4.28. The number of rotatable bonds is 5. The van der Waals surface area contributed by atoms with Gasteiger partial charge in [0.25, 0.3) is 5.91 Å². The number of amides is 1. The summed E-state index contributed by atoms with van der Waals surface area (Å²) in [6, 6.07) is 6.43. The lowest BCUT2D eigenvalue weighted by Crippen LogP contribution is -2.46. The molecule has 1 N–H and O–H groups in total. The molecule has 1 aromatic heterocycles. The van der Waals surface area contributed by atoms with E-state index in [0.29, 0.717) is 4.88 Å². The fraction of sp³-hybridized carbons (Fsp3) is 0.421. The highest BCUT2D eigenvalue weighted by Gasteiger charge is 2.22. The van der Waals surface area contributed by atoms with E-state index in [2.05, 4.69) is 38.0 Å². The third-order valence-electron chi connectivity index (χ3n) is 4.79. The monoisotopic (exact) mass is 439 g/mol. The summed E-state index contributed by atoms with van der Waals surface area (Å²) in [6.07, 6.45) is 0. The van der Waals surface area contributed by atoms with Crippen LogP contribution in [0.1, 0.15) is 35.1 Å². The smallest absolute Gasteiger partial charge is 0.262 e. The first-order valence-corrected chi connectivity index (χ1v) is 10.5. The van der Waals surface area contributed by atoms with Crippen molar-refractivity contribution in [3.8, 4) is 0 Å². The van der Waals surface area contributed by atoms with Crippen LogP contribution in [-0.4, -0.2) is 43.5 Å². The second-order valence-electron chi connectivity index (χ2n) is 6.42. The molecule has 1 aliphatic heterocycles. The normalized spacial score (nSPS) is 16.5. The number of thiophene rings is 1. The summed E-state index contributed by atoms with van der Waals surface area (Å²) in [6.45, 7) is 8.92. The highest BCUT2D eigenvalue weighted by molar-refractivity contribution is 9.10. The van der Waals surface area contributed by atoms with Crippen molar-refractivity contribution in [3.05, 3.63) is 50.4 Å². The molecule has 1 atom stereocenters. The number of hydrogen-bond acceptors (Lipinski definition) is 4. The van der Waals surface area contributed by atoms with Gasteiger partial charge in [-0.1, -0.05) is 6.92 Å². The van der Waals surface area contributed by atoms with Crippen LogP contribution >= 0.6 is 27.3 Å². The topological polar surface area (TPSA) is 35.6 Å². The van der Waals surface area contributed by atoms with Gasteiger partial charge in [0.2, 0.25) is 0 Å². The first kappa shape index (κ1) is 19.3. The van der Waals surface area contributed by atoms with E-state index in [0.717, 1.165) is 48.4 Å². The Balaban J connectivity index is 1.79. The number of piperazine rings is 1. The number of carbonyl (C=O) groups is 1. The fourth-order valence-corrected chi connectivity index (χ4v) is 4.72. The van der Waals surface area contributed by atoms with Crippen LogP contribution in [0.15, 0.2) is 34.1 Å². The van der Waals surface area contributed by atoms with Crippen molar-refractivity contribution in [3.63, 3.8) is 0 Å². The van der Waals surface area contributed by atoms with Crippen LogP contribution in [0.3, 0.4) is 0 Å². The van der Waals surface area contributed by atoms with Crippen molar-refractivity contribution < 1.29 is 9.18 Å². The molecule has 1 saturated heterocycles. The van der Waals surface area contributed by atoms with Gasteiger partial charge >= 0.3 is 0 Å². The molecule has 1 aliphatic rings. The minimum absolute atomic E-state index is 0.148. The van der Waals surface area contributed by atoms with Gasteiger partial charge < -0.3 is 15.1 Å². The Morgan fingerprint density at radius 3 is 2.65 bits per heavy atom. The maximum absolute atomic E-state index is 13.9. The average molecular weight is 440 g/mol. The molecule has 4 nitrogen and oxygen atoms in total. The number of nitrogens with one attached hydrogen (secondary N) is 1. The van der Waals surface area contributed by atoms with Crippen molar-refractivity contribution in [1.29, 1.82) is 0 Å². The maximum atomic E-state index is 13.9. The standard InChI is InChI=1S/C19H23BrFN3OS/c1-3-23-7-9-24(10-8-23)17-5-4-14(21)12-15(17)13(2)22-19(25)18-16(20)6-11-26-18/h4-6,11-13H,3,7-10H2,1-2H3,(H,22,25). The molecular weight excluding hydrogens is 417 g/mol. The average Bonchev–Trinajstić information content (AvgIpc) is 3.08. The molecular formula is C19H23BrFN3OS. The quantitative estimate of drug-likeness (QED) is 0.754. The highest BCUT2D eigenvalue weighted by Crippen LogP contribution is 2.29. The first-order chi connectivity index (χ1) is 12.5. The molecule has 7 heteroatoms. The van der Waals surface area contributed by atoms with Crippen molar-refractivity contribution in [2.75, 3.05) is 37.6 Å². The van der Waals surface area contributed by atoms with Gasteiger partial charge in [-0.3, -0.25) is 4.79 Å². The lowest BCUT2D eigenvalue weighted by atomic mass is 10.0. The molecule has 3 rings (SSSR count). The molecule has 2 aromatic rings. The zero-order chi connectivity index (χ0) is 18.7. The molecule has 1 amide bonds. The van der Waals surface area contributed by atoms with Crippen LogP contribution in [0.2, 0.25) is 0 Å². The summed E-state index contributed by atoms with van der Waals surface area (Å²) in [5.74, 6) is -0.431. The second kappa shape index (κ2) is 8.50. The molecule has 0 bridgehead atoms. The van der Waals surface area contributed by atoms with Gasteiger partial charge in [0.15, 0.2) is 0 Å². The molecule has 1 aromatic carbocycles. The van der Waals surface area contributed by atoms with Crippen LogP contribution < -0.4 is 10.2 Å². The number of nitrogens with zero attached hydrogens (tertiary/aromatic N) is 2. The SMILES string of the molecule is CCN1CCN(c2ccc(F)cc2C(C)NC(=O)c2sccc2Br)CC1. The third kappa shape index (κ3) is 4.27. The van der Waals surface area contributed by atoms with E-state index in [1.54, 1.807) is 0 Å². The number of likely N-dealkylation sites (N-methyl/N-ethyl adjacent to an activating group) is 1. The molecule has 0 spiro atoms. The van der Waals surface area contributed by atoms with Crippen LogP contribution in [0.4, 0.5) is 10.1 Å². The van der Waals surface area contributed by atoms with E-state index < -0.39 is 0 Å². The Morgan fingerprint density at radius 2 is 2.04 bits per heavy atom. The van der Waals surface area contributed by atoms with Crippen molar-refractivity contribution >= 4 is 38.9 Å². The zero-order valence-electron chi connectivity index (χ0n) is 15.0. The number of carbonyl (C=O) groups excluding carboxylic acids is 1. The van der Waals surface area contributed by atoms with Crippen LogP contribution in [0.5, 0.6) is 0 Å². The number of hydrogen-bond donors (Lipinski definition) is 1. The predicted molar refractivity (Wildman–Crippen MR) is 109 cm³/mol. The summed E-state index contributed by atoms with van der Waals surface area (Å²) in [4.78, 5) is 17.8. The summed E-state index contributed by atoms with van der Waals surface area (Å²) >= 11 is 4.77. The van der Waals surface area contributed by atoms with Gasteiger partial charge in [0, 0.05) is 41.9 Å². The summed E-state index contributed by atoms with van der Waals surface area (Å²) in [5.41, 5.74) is 1.82. The van der Waals surface area contributed by atoms with Crippen molar-refractivity contribution in [1.82, 2.24) is 10.2 Å². The fourth-order valence-electron chi connectivity index (χ4n) is 3.26. The maximum Gasteiger partial charge on any atom is 0.262 e. The molecule has 0 aliphatic carbocycles. The van der Waals surface area contributed by atoms with E-state index in [4.69, 9.17) is 0 Å². The molecule has 140 valence electrons. The minimum atomic E-state index is -0.286. The van der Waals surface area contributed by atoms with Gasteiger partial charge in [-0.25, -0.2) is 4.39 Å². The lowest BCUT2D eigenvalue weighted by Gasteiger charge is -2.37. The Bertz CT molecular complexity index is 774. The zero-order valence-corrected chi connectivity index (χ0v) is 17.4. The van der Waals surface area contributed by atoms with Crippen LogP contribution in [0, 0.1) is 5.82 Å². The van der Waals surface area contributed by atoms with Crippen LogP contribution in [0.25, 0.3) is 0 Å². The summed E-state index contributed by atoms with van der Waals surface area (Å²) in [7, 11) is 0. The van der Waals surface area contributed by atoms with Crippen LogP contribution in [-0.2, 0) is 0 Å². The van der Waals surface area contributed by atoms with Crippen molar-refractivity contribution in [2.24, 2.45) is 0 Å². The number of anilines is 1. The lowest BCUT2D eigenvalue weighted by molar-refractivity contribution is 0.0943. The van der Waals surface area contributed by atoms with Gasteiger partial charge in [0.1, 0.15) is 10.7 Å². The van der Waals surface area contributed by atoms with Gasteiger partial charge in [0.05, 0.1) is 6.04 Å². The largest absolute Gasteiger partial charge is 0.369 e. The van der Waals surface area contributed by atoms with E-state index in [9.17, 15) is 9.18 Å². The van der Waals surface area contributed by atoms with Gasteiger partial charge in [-0.05, 0) is 59.0 Å². The van der Waals surface area contributed by atoms with Crippen molar-refractivity contribution in [2.45, 2.75) is 19.9 Å². The second-order valence-corrected chi connectivity index (χ2v) is 8.19. The molecule has 1 fully saturated rings. The Labute approximate surface area is 166 Å². The minimum Gasteiger partial charge on any atom is -0.369 e. The Kier molecular flexibility index (Phi) is 6.32. The first-order valence-electron chi connectivity index (χ1n) is 8.80. The van der Waals surface area contributed by atoms with E-state index in [1.807, 2.05) is 24.4 Å². The molecule has 1 unspecified atom stereocenters. The highest BCUT2D eigenvalue weighted by atomic mass is 79.9. The molecule has 26 heavy (non-hydrogen) atoms. The Hall–Kier alpha value is -1.44. The Morgan fingerprint density at radius 1 is 1.31 bits per heavy atom. The van der Waals surface area contributed by atoms with Gasteiger partial charge in [-0.15, -0.1) is 11.3 Å².